The molecule has 0 aromatic heterocycles. The Hall–Kier alpha value is -2.76. The number of carbonyl (C=O) groups excluding carboxylic acids is 1. The van der Waals surface area contributed by atoms with Crippen LogP contribution in [0.25, 0.3) is 0 Å². The average molecular weight is 375 g/mol. The molecule has 2 aromatic carbocycles. The first kappa shape index (κ1) is 20.6. The van der Waals surface area contributed by atoms with Crippen LogP contribution in [0.15, 0.2) is 42.5 Å². The van der Waals surface area contributed by atoms with Gasteiger partial charge in [0.05, 0.1) is 20.3 Å². The van der Waals surface area contributed by atoms with Crippen LogP contribution in [0.3, 0.4) is 0 Å². The average Bonchev–Trinajstić information content (AvgIpc) is 2.70. The third-order valence-corrected chi connectivity index (χ3v) is 4.29. The van der Waals surface area contributed by atoms with Crippen LogP contribution in [-0.4, -0.2) is 26.2 Å². The second-order valence-electron chi connectivity index (χ2n) is 6.05. The molecule has 2 rings (SSSR count). The van der Waals surface area contributed by atoms with E-state index in [1.165, 1.54) is 24.3 Å². The van der Waals surface area contributed by atoms with Crippen molar-refractivity contribution in [3.63, 3.8) is 0 Å². The topological polar surface area (TPSA) is 56.8 Å². The quantitative estimate of drug-likeness (QED) is 0.711. The van der Waals surface area contributed by atoms with Gasteiger partial charge in [-0.1, -0.05) is 19.9 Å². The molecule has 1 amide bonds. The molecule has 146 valence electrons. The first-order chi connectivity index (χ1) is 13.0. The van der Waals surface area contributed by atoms with Crippen molar-refractivity contribution in [3.8, 4) is 17.2 Å². The minimum Gasteiger partial charge on any atom is -0.493 e. The lowest BCUT2D eigenvalue weighted by atomic mass is 10.0. The molecule has 0 heterocycles. The van der Waals surface area contributed by atoms with E-state index in [1.807, 2.05) is 32.0 Å². The van der Waals surface area contributed by atoms with Crippen molar-refractivity contribution < 1.29 is 23.4 Å². The van der Waals surface area contributed by atoms with Crippen molar-refractivity contribution in [1.82, 2.24) is 5.32 Å². The van der Waals surface area contributed by atoms with Gasteiger partial charge in [0, 0.05) is 0 Å². The highest BCUT2D eigenvalue weighted by Gasteiger charge is 2.22. The fourth-order valence-electron chi connectivity index (χ4n) is 2.76. The zero-order valence-corrected chi connectivity index (χ0v) is 16.1. The summed E-state index contributed by atoms with van der Waals surface area (Å²) < 4.78 is 29.3. The number of ether oxygens (including phenoxy) is 3. The van der Waals surface area contributed by atoms with Gasteiger partial charge in [-0.2, -0.15) is 0 Å². The molecule has 0 unspecified atom stereocenters. The summed E-state index contributed by atoms with van der Waals surface area (Å²) in [5.41, 5.74) is 0.917. The summed E-state index contributed by atoms with van der Waals surface area (Å²) in [6, 6.07) is 11.0. The SMILES string of the molecule is CC[C@H](Oc1ccc(F)cc1)C(=O)N[C@H](CC)c1ccc(OC)c(OC)c1. The first-order valence-electron chi connectivity index (χ1n) is 8.96. The minimum absolute atomic E-state index is 0.192. The van der Waals surface area contributed by atoms with Crippen LogP contribution in [0, 0.1) is 5.82 Å². The Balaban J connectivity index is 2.11. The molecule has 0 radical (unpaired) electrons. The first-order valence-corrected chi connectivity index (χ1v) is 8.96. The molecule has 6 heteroatoms. The van der Waals surface area contributed by atoms with Crippen molar-refractivity contribution in [1.29, 1.82) is 0 Å². The Morgan fingerprint density at radius 2 is 1.67 bits per heavy atom. The molecule has 0 saturated carbocycles. The Morgan fingerprint density at radius 1 is 1.00 bits per heavy atom. The molecule has 5 nitrogen and oxygen atoms in total. The predicted molar refractivity (Wildman–Crippen MR) is 102 cm³/mol. The molecule has 0 fully saturated rings. The molecule has 0 aliphatic heterocycles. The molecule has 0 bridgehead atoms. The predicted octanol–water partition coefficient (Wildman–Crippen LogP) is 4.27. The molecule has 1 N–H and O–H groups in total. The Labute approximate surface area is 159 Å². The van der Waals surface area contributed by atoms with E-state index < -0.39 is 6.10 Å². The van der Waals surface area contributed by atoms with E-state index in [0.29, 0.717) is 30.1 Å². The number of methoxy groups -OCH3 is 2. The molecule has 27 heavy (non-hydrogen) atoms. The second-order valence-corrected chi connectivity index (χ2v) is 6.05. The number of hydrogen-bond donors (Lipinski definition) is 1. The van der Waals surface area contributed by atoms with Crippen molar-refractivity contribution >= 4 is 5.91 Å². The van der Waals surface area contributed by atoms with Crippen LogP contribution < -0.4 is 19.5 Å². The van der Waals surface area contributed by atoms with Crippen molar-refractivity contribution in [3.05, 3.63) is 53.8 Å². The maximum absolute atomic E-state index is 13.0. The van der Waals surface area contributed by atoms with Crippen molar-refractivity contribution in [2.24, 2.45) is 0 Å². The summed E-state index contributed by atoms with van der Waals surface area (Å²) in [6.07, 6.45) is 0.532. The van der Waals surface area contributed by atoms with E-state index in [2.05, 4.69) is 5.32 Å². The summed E-state index contributed by atoms with van der Waals surface area (Å²) in [5.74, 6) is 1.13. The highest BCUT2D eigenvalue weighted by atomic mass is 19.1. The van der Waals surface area contributed by atoms with Gasteiger partial charge in [0.2, 0.25) is 0 Å². The van der Waals surface area contributed by atoms with Crippen molar-refractivity contribution in [2.75, 3.05) is 14.2 Å². The lowest BCUT2D eigenvalue weighted by molar-refractivity contribution is -0.128. The van der Waals surface area contributed by atoms with E-state index in [1.54, 1.807) is 14.2 Å². The fraction of sp³-hybridized carbons (Fsp3) is 0.381. The van der Waals surface area contributed by atoms with Gasteiger partial charge in [-0.3, -0.25) is 4.79 Å². The van der Waals surface area contributed by atoms with Gasteiger partial charge < -0.3 is 19.5 Å². The molecular formula is C21H26FNO4. The minimum atomic E-state index is -0.662. The van der Waals surface area contributed by atoms with Gasteiger partial charge in [0.1, 0.15) is 11.6 Å². The van der Waals surface area contributed by atoms with Gasteiger partial charge in [-0.15, -0.1) is 0 Å². The molecule has 0 spiro atoms. The van der Waals surface area contributed by atoms with E-state index >= 15 is 0 Å². The number of hydrogen-bond acceptors (Lipinski definition) is 4. The lowest BCUT2D eigenvalue weighted by Crippen LogP contribution is -2.39. The van der Waals surface area contributed by atoms with Gasteiger partial charge in [0.25, 0.3) is 5.91 Å². The summed E-state index contributed by atoms with van der Waals surface area (Å²) >= 11 is 0. The summed E-state index contributed by atoms with van der Waals surface area (Å²) in [6.45, 7) is 3.86. The number of benzene rings is 2. The van der Waals surface area contributed by atoms with Gasteiger partial charge in [-0.05, 0) is 54.8 Å². The highest BCUT2D eigenvalue weighted by Crippen LogP contribution is 2.31. The molecule has 2 atom stereocenters. The van der Waals surface area contributed by atoms with E-state index in [4.69, 9.17) is 14.2 Å². The zero-order chi connectivity index (χ0) is 19.8. The van der Waals surface area contributed by atoms with Crippen LogP contribution in [0.5, 0.6) is 17.2 Å². The number of carbonyl (C=O) groups is 1. The van der Waals surface area contributed by atoms with Crippen LogP contribution in [0.4, 0.5) is 4.39 Å². The normalized spacial score (nSPS) is 12.8. The van der Waals surface area contributed by atoms with Gasteiger partial charge in [-0.25, -0.2) is 4.39 Å². The number of nitrogens with one attached hydrogen (secondary N) is 1. The monoisotopic (exact) mass is 375 g/mol. The summed E-state index contributed by atoms with van der Waals surface area (Å²) in [7, 11) is 3.15. The molecule has 2 aromatic rings. The van der Waals surface area contributed by atoms with Crippen LogP contribution >= 0.6 is 0 Å². The van der Waals surface area contributed by atoms with E-state index in [-0.39, 0.29) is 17.8 Å². The van der Waals surface area contributed by atoms with Crippen LogP contribution in [0.2, 0.25) is 0 Å². The number of amides is 1. The molecule has 0 aliphatic rings. The smallest absolute Gasteiger partial charge is 0.261 e. The van der Waals surface area contributed by atoms with Crippen LogP contribution in [-0.2, 0) is 4.79 Å². The van der Waals surface area contributed by atoms with Gasteiger partial charge in [0.15, 0.2) is 17.6 Å². The van der Waals surface area contributed by atoms with Crippen LogP contribution in [0.1, 0.15) is 38.3 Å². The van der Waals surface area contributed by atoms with Gasteiger partial charge >= 0.3 is 0 Å². The van der Waals surface area contributed by atoms with E-state index in [9.17, 15) is 9.18 Å². The number of halogens is 1. The Bertz CT molecular complexity index is 748. The summed E-state index contributed by atoms with van der Waals surface area (Å²) in [5, 5.41) is 3.02. The Morgan fingerprint density at radius 3 is 2.22 bits per heavy atom. The second kappa shape index (κ2) is 9.80. The molecule has 0 aliphatic carbocycles. The molecular weight excluding hydrogens is 349 g/mol. The Kier molecular flexibility index (Phi) is 7.46. The standard InChI is InChI=1S/C21H26FNO4/c1-5-17(14-7-12-19(25-3)20(13-14)26-4)23-21(24)18(6-2)27-16-10-8-15(22)9-11-16/h7-13,17-18H,5-6H2,1-4H3,(H,23,24)/t17-,18+/m1/s1. The molecule has 0 saturated heterocycles. The zero-order valence-electron chi connectivity index (χ0n) is 16.1. The largest absolute Gasteiger partial charge is 0.493 e. The number of rotatable bonds is 9. The summed E-state index contributed by atoms with van der Waals surface area (Å²) in [4.78, 5) is 12.7. The maximum atomic E-state index is 13.0. The van der Waals surface area contributed by atoms with Crippen molar-refractivity contribution in [2.45, 2.75) is 38.8 Å². The maximum Gasteiger partial charge on any atom is 0.261 e. The highest BCUT2D eigenvalue weighted by molar-refractivity contribution is 5.81. The third kappa shape index (κ3) is 5.36. The lowest BCUT2D eigenvalue weighted by Gasteiger charge is -2.23. The third-order valence-electron chi connectivity index (χ3n) is 4.29. The fourth-order valence-corrected chi connectivity index (χ4v) is 2.76. The van der Waals surface area contributed by atoms with E-state index in [0.717, 1.165) is 5.56 Å².